The van der Waals surface area contributed by atoms with Gasteiger partial charge in [0.05, 0.1) is 4.90 Å². The van der Waals surface area contributed by atoms with Gasteiger partial charge < -0.3 is 5.32 Å². The Bertz CT molecular complexity index is 953. The Morgan fingerprint density at radius 1 is 1.07 bits per heavy atom. The zero-order chi connectivity index (χ0) is 20.0. The average molecular weight is 394 g/mol. The van der Waals surface area contributed by atoms with Crippen LogP contribution < -0.4 is 10.0 Å². The summed E-state index contributed by atoms with van der Waals surface area (Å²) < 4.78 is 54.0. The van der Waals surface area contributed by atoms with Gasteiger partial charge in [0.25, 0.3) is 0 Å². The first-order valence-electron chi connectivity index (χ1n) is 8.17. The summed E-state index contributed by atoms with van der Waals surface area (Å²) in [5, 5.41) is 2.44. The first kappa shape index (κ1) is 20.7. The molecule has 2 N–H and O–H groups in total. The van der Waals surface area contributed by atoms with E-state index in [2.05, 4.69) is 10.0 Å². The molecule has 1 amide bonds. The molecule has 0 unspecified atom stereocenters. The van der Waals surface area contributed by atoms with E-state index < -0.39 is 27.6 Å². The van der Waals surface area contributed by atoms with Crippen LogP contribution in [0.25, 0.3) is 6.08 Å². The number of hydrogen-bond donors (Lipinski definition) is 2. The summed E-state index contributed by atoms with van der Waals surface area (Å²) in [6, 6.07) is 8.51. The molecule has 2 aromatic carbocycles. The van der Waals surface area contributed by atoms with Gasteiger partial charge in [0, 0.05) is 24.7 Å². The topological polar surface area (TPSA) is 75.3 Å². The van der Waals surface area contributed by atoms with Crippen LogP contribution in [0.1, 0.15) is 16.7 Å². The molecule has 0 aliphatic carbocycles. The van der Waals surface area contributed by atoms with E-state index in [1.165, 1.54) is 6.07 Å². The van der Waals surface area contributed by atoms with E-state index >= 15 is 0 Å². The molecular formula is C19H20F2N2O3S. The predicted octanol–water partition coefficient (Wildman–Crippen LogP) is 2.69. The van der Waals surface area contributed by atoms with Gasteiger partial charge in [-0.3, -0.25) is 4.79 Å². The van der Waals surface area contributed by atoms with Gasteiger partial charge in [-0.15, -0.1) is 0 Å². The SMILES string of the molecule is Cc1ccc(C)c(S(=O)(=O)NCCNC(=O)/C=C/c2c(F)cccc2F)c1. The Labute approximate surface area is 157 Å². The molecule has 2 rings (SSSR count). The maximum atomic E-state index is 13.5. The van der Waals surface area contributed by atoms with E-state index in [9.17, 15) is 22.0 Å². The Kier molecular flexibility index (Phi) is 6.81. The van der Waals surface area contributed by atoms with E-state index in [4.69, 9.17) is 0 Å². The number of hydrogen-bond acceptors (Lipinski definition) is 3. The Balaban J connectivity index is 1.88. The molecule has 0 saturated heterocycles. The van der Waals surface area contributed by atoms with Crippen molar-refractivity contribution in [3.8, 4) is 0 Å². The number of carbonyl (C=O) groups excluding carboxylic acids is 1. The summed E-state index contributed by atoms with van der Waals surface area (Å²) in [6.07, 6.45) is 2.01. The second-order valence-electron chi connectivity index (χ2n) is 5.93. The van der Waals surface area contributed by atoms with Crippen molar-refractivity contribution in [2.75, 3.05) is 13.1 Å². The number of carbonyl (C=O) groups is 1. The minimum Gasteiger partial charge on any atom is -0.351 e. The fourth-order valence-electron chi connectivity index (χ4n) is 2.33. The molecule has 0 aromatic heterocycles. The van der Waals surface area contributed by atoms with Crippen LogP contribution in [0.4, 0.5) is 8.78 Å². The Hall–Kier alpha value is -2.58. The Morgan fingerprint density at radius 3 is 2.41 bits per heavy atom. The summed E-state index contributed by atoms with van der Waals surface area (Å²) in [6.45, 7) is 3.49. The highest BCUT2D eigenvalue weighted by Crippen LogP contribution is 2.16. The zero-order valence-corrected chi connectivity index (χ0v) is 15.7. The second-order valence-corrected chi connectivity index (χ2v) is 7.66. The van der Waals surface area contributed by atoms with Gasteiger partial charge in [0.15, 0.2) is 0 Å². The second kappa shape index (κ2) is 8.88. The minimum absolute atomic E-state index is 0.0209. The van der Waals surface area contributed by atoms with Crippen molar-refractivity contribution in [2.45, 2.75) is 18.7 Å². The third kappa shape index (κ3) is 5.70. The van der Waals surface area contributed by atoms with Gasteiger partial charge in [-0.2, -0.15) is 0 Å². The molecule has 0 fully saturated rings. The van der Waals surface area contributed by atoms with Crippen LogP contribution in [0.2, 0.25) is 0 Å². The van der Waals surface area contributed by atoms with Gasteiger partial charge in [-0.05, 0) is 49.2 Å². The smallest absolute Gasteiger partial charge is 0.244 e. The van der Waals surface area contributed by atoms with Gasteiger partial charge >= 0.3 is 0 Å². The van der Waals surface area contributed by atoms with Crippen molar-refractivity contribution in [2.24, 2.45) is 0 Å². The van der Waals surface area contributed by atoms with Crippen molar-refractivity contribution in [1.82, 2.24) is 10.0 Å². The molecule has 0 spiro atoms. The normalized spacial score (nSPS) is 11.7. The fraction of sp³-hybridized carbons (Fsp3) is 0.211. The largest absolute Gasteiger partial charge is 0.351 e. The van der Waals surface area contributed by atoms with E-state index in [0.717, 1.165) is 29.8 Å². The standard InChI is InChI=1S/C19H20F2N2O3S/c1-13-6-7-14(2)18(12-13)27(25,26)23-11-10-22-19(24)9-8-15-16(20)4-3-5-17(15)21/h3-9,12,23H,10-11H2,1-2H3,(H,22,24)/b9-8+. The highest BCUT2D eigenvalue weighted by Gasteiger charge is 2.16. The fourth-order valence-corrected chi connectivity index (χ4v) is 3.69. The molecule has 27 heavy (non-hydrogen) atoms. The molecule has 144 valence electrons. The predicted molar refractivity (Wildman–Crippen MR) is 99.5 cm³/mol. The first-order valence-corrected chi connectivity index (χ1v) is 9.66. The lowest BCUT2D eigenvalue weighted by Crippen LogP contribution is -2.34. The van der Waals surface area contributed by atoms with E-state index in [1.807, 2.05) is 6.07 Å². The Morgan fingerprint density at radius 2 is 1.74 bits per heavy atom. The van der Waals surface area contributed by atoms with Crippen LogP contribution in [-0.4, -0.2) is 27.4 Å². The molecule has 0 aliphatic heterocycles. The highest BCUT2D eigenvalue weighted by atomic mass is 32.2. The molecule has 0 heterocycles. The number of aryl methyl sites for hydroxylation is 2. The summed E-state index contributed by atoms with van der Waals surface area (Å²) in [7, 11) is -3.70. The molecule has 0 aliphatic rings. The quantitative estimate of drug-likeness (QED) is 0.560. The summed E-state index contributed by atoms with van der Waals surface area (Å²) in [5.74, 6) is -2.15. The van der Waals surface area contributed by atoms with E-state index in [-0.39, 0.29) is 23.5 Å². The molecular weight excluding hydrogens is 374 g/mol. The third-order valence-electron chi connectivity index (χ3n) is 3.75. The number of benzene rings is 2. The van der Waals surface area contributed by atoms with Crippen LogP contribution in [0.15, 0.2) is 47.4 Å². The maximum absolute atomic E-state index is 13.5. The van der Waals surface area contributed by atoms with Gasteiger partial charge in [0.1, 0.15) is 11.6 Å². The lowest BCUT2D eigenvalue weighted by molar-refractivity contribution is -0.116. The third-order valence-corrected chi connectivity index (χ3v) is 5.35. The van der Waals surface area contributed by atoms with Crippen molar-refractivity contribution in [3.63, 3.8) is 0 Å². The van der Waals surface area contributed by atoms with Crippen molar-refractivity contribution < 1.29 is 22.0 Å². The summed E-state index contributed by atoms with van der Waals surface area (Å²) in [5.41, 5.74) is 1.12. The average Bonchev–Trinajstić information content (AvgIpc) is 2.60. The van der Waals surface area contributed by atoms with Crippen molar-refractivity contribution >= 4 is 22.0 Å². The number of rotatable bonds is 7. The molecule has 2 aromatic rings. The molecule has 5 nitrogen and oxygen atoms in total. The van der Waals surface area contributed by atoms with E-state index in [0.29, 0.717) is 5.56 Å². The molecule has 8 heteroatoms. The van der Waals surface area contributed by atoms with Crippen LogP contribution in [0, 0.1) is 25.5 Å². The van der Waals surface area contributed by atoms with Crippen molar-refractivity contribution in [3.05, 3.63) is 70.8 Å². The van der Waals surface area contributed by atoms with Gasteiger partial charge in [-0.25, -0.2) is 21.9 Å². The molecule has 0 radical (unpaired) electrons. The van der Waals surface area contributed by atoms with Crippen LogP contribution in [0.5, 0.6) is 0 Å². The zero-order valence-electron chi connectivity index (χ0n) is 14.9. The molecule has 0 saturated carbocycles. The van der Waals surface area contributed by atoms with Crippen LogP contribution in [0.3, 0.4) is 0 Å². The maximum Gasteiger partial charge on any atom is 0.244 e. The van der Waals surface area contributed by atoms with Crippen LogP contribution >= 0.6 is 0 Å². The van der Waals surface area contributed by atoms with Gasteiger partial charge in [-0.1, -0.05) is 18.2 Å². The lowest BCUT2D eigenvalue weighted by atomic mass is 10.2. The summed E-state index contributed by atoms with van der Waals surface area (Å²) in [4.78, 5) is 11.9. The lowest BCUT2D eigenvalue weighted by Gasteiger charge is -2.10. The van der Waals surface area contributed by atoms with Crippen LogP contribution in [-0.2, 0) is 14.8 Å². The number of halogens is 2. The monoisotopic (exact) mass is 394 g/mol. The van der Waals surface area contributed by atoms with E-state index in [1.54, 1.807) is 26.0 Å². The molecule has 0 bridgehead atoms. The molecule has 0 atom stereocenters. The minimum atomic E-state index is -3.70. The first-order chi connectivity index (χ1) is 12.7. The number of sulfonamides is 1. The summed E-state index contributed by atoms with van der Waals surface area (Å²) >= 11 is 0. The van der Waals surface area contributed by atoms with Gasteiger partial charge in [0.2, 0.25) is 15.9 Å². The highest BCUT2D eigenvalue weighted by molar-refractivity contribution is 7.89. The van der Waals surface area contributed by atoms with Crippen molar-refractivity contribution in [1.29, 1.82) is 0 Å². The number of amides is 1. The number of nitrogens with one attached hydrogen (secondary N) is 2.